The van der Waals surface area contributed by atoms with Gasteiger partial charge in [-0.3, -0.25) is 9.59 Å². The highest BCUT2D eigenvalue weighted by Gasteiger charge is 2.39. The summed E-state index contributed by atoms with van der Waals surface area (Å²) in [5.41, 5.74) is 15.1. The Labute approximate surface area is 243 Å². The molecule has 0 spiro atoms. The average molecular weight is 551 g/mol. The van der Waals surface area contributed by atoms with Crippen LogP contribution in [-0.4, -0.2) is 58.9 Å². The van der Waals surface area contributed by atoms with Crippen LogP contribution in [0.3, 0.4) is 0 Å². The van der Waals surface area contributed by atoms with Gasteiger partial charge in [0.25, 0.3) is 0 Å². The summed E-state index contributed by atoms with van der Waals surface area (Å²) in [6, 6.07) is 27.4. The highest BCUT2D eigenvalue weighted by molar-refractivity contribution is 5.87. The molecule has 0 aliphatic carbocycles. The molecule has 4 N–H and O–H groups in total. The van der Waals surface area contributed by atoms with Crippen LogP contribution in [0.25, 0.3) is 21.5 Å². The van der Waals surface area contributed by atoms with E-state index in [-0.39, 0.29) is 23.9 Å². The molecule has 4 atom stereocenters. The molecule has 0 saturated carbocycles. The third-order valence-electron chi connectivity index (χ3n) is 8.47. The van der Waals surface area contributed by atoms with Gasteiger partial charge in [0, 0.05) is 25.2 Å². The lowest BCUT2D eigenvalue weighted by Gasteiger charge is -2.47. The van der Waals surface area contributed by atoms with E-state index in [4.69, 9.17) is 11.5 Å². The minimum atomic E-state index is -0.636. The molecular weight excluding hydrogens is 508 g/mol. The number of hydrogen-bond acceptors (Lipinski definition) is 4. The molecule has 6 heteroatoms. The topological polar surface area (TPSA) is 92.7 Å². The van der Waals surface area contributed by atoms with Gasteiger partial charge < -0.3 is 21.3 Å². The molecule has 1 fully saturated rings. The van der Waals surface area contributed by atoms with Gasteiger partial charge in [-0.05, 0) is 58.9 Å². The molecule has 0 aromatic heterocycles. The Morgan fingerprint density at radius 1 is 0.732 bits per heavy atom. The zero-order valence-corrected chi connectivity index (χ0v) is 24.2. The Morgan fingerprint density at radius 3 is 1.73 bits per heavy atom. The highest BCUT2D eigenvalue weighted by Crippen LogP contribution is 2.24. The van der Waals surface area contributed by atoms with Crippen LogP contribution in [-0.2, 0) is 22.4 Å². The summed E-state index contributed by atoms with van der Waals surface area (Å²) >= 11 is 0. The molecule has 4 aromatic carbocycles. The predicted octanol–water partition coefficient (Wildman–Crippen LogP) is 5.05. The average Bonchev–Trinajstić information content (AvgIpc) is 2.99. The van der Waals surface area contributed by atoms with Gasteiger partial charge in [-0.25, -0.2) is 0 Å². The molecule has 5 rings (SSSR count). The van der Waals surface area contributed by atoms with Gasteiger partial charge in [-0.15, -0.1) is 0 Å². The second-order valence-corrected chi connectivity index (χ2v) is 11.6. The first-order valence-corrected chi connectivity index (χ1v) is 14.9. The number of piperazine rings is 1. The monoisotopic (exact) mass is 550 g/mol. The lowest BCUT2D eigenvalue weighted by molar-refractivity contribution is -0.148. The Balaban J connectivity index is 1.26. The first-order chi connectivity index (χ1) is 19.8. The van der Waals surface area contributed by atoms with Crippen LogP contribution in [0.15, 0.2) is 84.9 Å². The van der Waals surface area contributed by atoms with Crippen LogP contribution in [0.4, 0.5) is 0 Å². The van der Waals surface area contributed by atoms with Crippen molar-refractivity contribution in [1.82, 2.24) is 9.80 Å². The molecule has 1 aliphatic rings. The second-order valence-electron chi connectivity index (χ2n) is 11.6. The van der Waals surface area contributed by atoms with E-state index >= 15 is 0 Å². The van der Waals surface area contributed by atoms with E-state index in [0.29, 0.717) is 25.9 Å². The minimum absolute atomic E-state index is 0.0429. The molecule has 1 heterocycles. The highest BCUT2D eigenvalue weighted by atomic mass is 16.2. The van der Waals surface area contributed by atoms with Crippen molar-refractivity contribution < 1.29 is 9.59 Å². The summed E-state index contributed by atoms with van der Waals surface area (Å²) in [6.45, 7) is 5.10. The molecule has 1 aliphatic heterocycles. The molecule has 0 radical (unpaired) electrons. The zero-order valence-electron chi connectivity index (χ0n) is 24.2. The van der Waals surface area contributed by atoms with Gasteiger partial charge in [0.15, 0.2) is 0 Å². The number of nitrogens with zero attached hydrogens (tertiary/aromatic N) is 2. The maximum Gasteiger partial charge on any atom is 0.240 e. The van der Waals surface area contributed by atoms with Crippen molar-refractivity contribution in [2.45, 2.75) is 70.1 Å². The fourth-order valence-corrected chi connectivity index (χ4v) is 6.14. The number of benzene rings is 4. The van der Waals surface area contributed by atoms with Crippen molar-refractivity contribution in [3.63, 3.8) is 0 Å². The Bertz CT molecular complexity index is 1520. The van der Waals surface area contributed by atoms with Crippen molar-refractivity contribution in [2.75, 3.05) is 13.1 Å². The molecule has 2 amide bonds. The zero-order chi connectivity index (χ0) is 28.9. The van der Waals surface area contributed by atoms with Gasteiger partial charge in [-0.1, -0.05) is 105 Å². The normalized spacial score (nSPS) is 18.9. The van der Waals surface area contributed by atoms with Crippen LogP contribution in [0.1, 0.15) is 44.2 Å². The lowest BCUT2D eigenvalue weighted by atomic mass is 9.96. The minimum Gasteiger partial charge on any atom is -0.335 e. The first-order valence-electron chi connectivity index (χ1n) is 14.9. The molecule has 41 heavy (non-hydrogen) atoms. The van der Waals surface area contributed by atoms with Crippen LogP contribution < -0.4 is 11.5 Å². The van der Waals surface area contributed by atoms with Crippen molar-refractivity contribution in [2.24, 2.45) is 11.5 Å². The number of hydrogen-bond donors (Lipinski definition) is 2. The van der Waals surface area contributed by atoms with Crippen molar-refractivity contribution in [1.29, 1.82) is 0 Å². The maximum atomic E-state index is 13.7. The lowest BCUT2D eigenvalue weighted by Crippen LogP contribution is -2.64. The number of carbonyl (C=O) groups excluding carboxylic acids is 2. The third kappa shape index (κ3) is 6.61. The standard InChI is InChI=1S/C35H42N4O2/c1-3-4-13-31-23-38(34(40)32(36)20-25-14-16-27-9-5-7-11-29(27)18-25)24(2)22-39(31)35(41)33(37)21-26-15-17-28-10-6-8-12-30(28)19-26/h5-12,14-19,24,31-33H,3-4,13,20-23,36-37H2,1-2H3/t24-,31+,32-,33-/m1/s1. The van der Waals surface area contributed by atoms with Crippen LogP contribution >= 0.6 is 0 Å². The largest absolute Gasteiger partial charge is 0.335 e. The fraction of sp³-hybridized carbons (Fsp3) is 0.371. The summed E-state index contributed by atoms with van der Waals surface area (Å²) in [5.74, 6) is -0.0987. The van der Waals surface area contributed by atoms with E-state index in [9.17, 15) is 9.59 Å². The van der Waals surface area contributed by atoms with Gasteiger partial charge in [0.1, 0.15) is 0 Å². The van der Waals surface area contributed by atoms with E-state index in [2.05, 4.69) is 67.6 Å². The molecule has 0 unspecified atom stereocenters. The first kappa shape index (κ1) is 28.8. The van der Waals surface area contributed by atoms with Crippen LogP contribution in [0, 0.1) is 0 Å². The predicted molar refractivity (Wildman–Crippen MR) is 167 cm³/mol. The van der Waals surface area contributed by atoms with E-state index < -0.39 is 12.1 Å². The number of nitrogens with two attached hydrogens (primary N) is 2. The van der Waals surface area contributed by atoms with Gasteiger partial charge in [0.05, 0.1) is 12.1 Å². The third-order valence-corrected chi connectivity index (χ3v) is 8.47. The molecule has 6 nitrogen and oxygen atoms in total. The fourth-order valence-electron chi connectivity index (χ4n) is 6.14. The number of unbranched alkanes of at least 4 members (excludes halogenated alkanes) is 1. The number of rotatable bonds is 9. The maximum absolute atomic E-state index is 13.7. The Hall–Kier alpha value is -3.74. The Kier molecular flexibility index (Phi) is 9.01. The summed E-state index contributed by atoms with van der Waals surface area (Å²) < 4.78 is 0. The smallest absolute Gasteiger partial charge is 0.240 e. The molecule has 0 bridgehead atoms. The Morgan fingerprint density at radius 2 is 1.22 bits per heavy atom. The van der Waals surface area contributed by atoms with E-state index in [1.807, 2.05) is 41.0 Å². The molecule has 214 valence electrons. The van der Waals surface area contributed by atoms with E-state index in [0.717, 1.165) is 41.2 Å². The molecular formula is C35H42N4O2. The summed E-state index contributed by atoms with van der Waals surface area (Å²) in [6.07, 6.45) is 3.79. The SMILES string of the molecule is CCCC[C@H]1CN(C(=O)[C@H](N)Cc2ccc3ccccc3c2)[C@H](C)CN1C(=O)[C@H](N)Cc1ccc2ccccc2c1. The molecule has 4 aromatic rings. The number of fused-ring (bicyclic) bond motifs is 2. The van der Waals surface area contributed by atoms with E-state index in [1.54, 1.807) is 0 Å². The van der Waals surface area contributed by atoms with Crippen molar-refractivity contribution in [3.05, 3.63) is 96.1 Å². The van der Waals surface area contributed by atoms with Gasteiger partial charge >= 0.3 is 0 Å². The number of carbonyl (C=O) groups is 2. The van der Waals surface area contributed by atoms with Gasteiger partial charge in [-0.2, -0.15) is 0 Å². The summed E-state index contributed by atoms with van der Waals surface area (Å²) in [7, 11) is 0. The van der Waals surface area contributed by atoms with Crippen LogP contribution in [0.5, 0.6) is 0 Å². The quantitative estimate of drug-likeness (QED) is 0.305. The summed E-state index contributed by atoms with van der Waals surface area (Å²) in [4.78, 5) is 31.2. The van der Waals surface area contributed by atoms with Gasteiger partial charge in [0.2, 0.25) is 11.8 Å². The van der Waals surface area contributed by atoms with Crippen LogP contribution in [0.2, 0.25) is 0 Å². The second kappa shape index (κ2) is 12.8. The van der Waals surface area contributed by atoms with Crippen molar-refractivity contribution in [3.8, 4) is 0 Å². The number of amides is 2. The van der Waals surface area contributed by atoms with Crippen molar-refractivity contribution >= 4 is 33.4 Å². The molecule has 1 saturated heterocycles. The van der Waals surface area contributed by atoms with E-state index in [1.165, 1.54) is 10.8 Å². The summed E-state index contributed by atoms with van der Waals surface area (Å²) in [5, 5.41) is 4.63.